The largest absolute Gasteiger partial charge is 0.506 e. The molecular formula is C17H20N2O4. The molecule has 0 aliphatic heterocycles. The molecule has 2 heterocycles. The lowest BCUT2D eigenvalue weighted by Gasteiger charge is -2.12. The molecule has 0 saturated heterocycles. The third kappa shape index (κ3) is 3.11. The maximum Gasteiger partial charge on any atom is 0.289 e. The van der Waals surface area contributed by atoms with E-state index in [2.05, 4.69) is 0 Å². The fourth-order valence-electron chi connectivity index (χ4n) is 2.83. The standard InChI is InChI=1S/C17H20N2O4/c1-3-10(12(20)4-2)8-11-9-19-7-5-6-13(21)15(19)14(11)16(22)17(18)23/h5-7,9-10,21H,3-4,8H2,1-2H3,(H2,18,23). The number of hydrogen-bond donors (Lipinski definition) is 2. The molecule has 0 spiro atoms. The van der Waals surface area contributed by atoms with Crippen molar-refractivity contribution in [3.8, 4) is 5.75 Å². The number of pyridine rings is 1. The van der Waals surface area contributed by atoms with Gasteiger partial charge in [0.25, 0.3) is 11.7 Å². The fourth-order valence-corrected chi connectivity index (χ4v) is 2.83. The van der Waals surface area contributed by atoms with Crippen LogP contribution in [0.4, 0.5) is 0 Å². The Balaban J connectivity index is 2.61. The van der Waals surface area contributed by atoms with E-state index >= 15 is 0 Å². The highest BCUT2D eigenvalue weighted by Gasteiger charge is 2.26. The number of aromatic nitrogens is 1. The Morgan fingerprint density at radius 2 is 2.00 bits per heavy atom. The molecule has 1 unspecified atom stereocenters. The van der Waals surface area contributed by atoms with Crippen molar-refractivity contribution in [2.75, 3.05) is 0 Å². The first-order valence-electron chi connectivity index (χ1n) is 7.59. The summed E-state index contributed by atoms with van der Waals surface area (Å²) in [4.78, 5) is 35.6. The summed E-state index contributed by atoms with van der Waals surface area (Å²) in [6.45, 7) is 3.70. The Labute approximate surface area is 133 Å². The number of amides is 1. The first-order chi connectivity index (χ1) is 10.9. The predicted molar refractivity (Wildman–Crippen MR) is 85.4 cm³/mol. The summed E-state index contributed by atoms with van der Waals surface area (Å²) in [5.41, 5.74) is 6.01. The number of rotatable bonds is 7. The van der Waals surface area contributed by atoms with Gasteiger partial charge in [0.2, 0.25) is 0 Å². The van der Waals surface area contributed by atoms with Crippen LogP contribution in [0.5, 0.6) is 5.75 Å². The summed E-state index contributed by atoms with van der Waals surface area (Å²) in [6, 6.07) is 3.06. The monoisotopic (exact) mass is 316 g/mol. The molecule has 0 saturated carbocycles. The molecule has 6 nitrogen and oxygen atoms in total. The molecule has 0 bridgehead atoms. The number of ketones is 2. The SMILES string of the molecule is CCC(=O)C(CC)Cc1cn2cccc(O)c2c1C(=O)C(N)=O. The van der Waals surface area contributed by atoms with Gasteiger partial charge in [-0.25, -0.2) is 0 Å². The predicted octanol–water partition coefficient (Wildman–Crippen LogP) is 1.86. The van der Waals surface area contributed by atoms with Crippen molar-refractivity contribution in [3.05, 3.63) is 35.7 Å². The zero-order chi connectivity index (χ0) is 17.1. The van der Waals surface area contributed by atoms with E-state index in [1.165, 1.54) is 6.07 Å². The average molecular weight is 316 g/mol. The van der Waals surface area contributed by atoms with Gasteiger partial charge in [-0.05, 0) is 30.5 Å². The van der Waals surface area contributed by atoms with Crippen LogP contribution in [0.25, 0.3) is 5.52 Å². The van der Waals surface area contributed by atoms with E-state index < -0.39 is 11.7 Å². The van der Waals surface area contributed by atoms with Crippen molar-refractivity contribution < 1.29 is 19.5 Å². The Morgan fingerprint density at radius 3 is 2.57 bits per heavy atom. The van der Waals surface area contributed by atoms with Crippen molar-refractivity contribution in [3.63, 3.8) is 0 Å². The molecule has 3 N–H and O–H groups in total. The molecule has 0 aliphatic carbocycles. The fraction of sp³-hybridized carbons (Fsp3) is 0.353. The molecule has 23 heavy (non-hydrogen) atoms. The van der Waals surface area contributed by atoms with Gasteiger partial charge < -0.3 is 15.2 Å². The van der Waals surface area contributed by atoms with E-state index in [1.807, 2.05) is 6.92 Å². The topological polar surface area (TPSA) is 102 Å². The average Bonchev–Trinajstić information content (AvgIpc) is 2.90. The highest BCUT2D eigenvalue weighted by atomic mass is 16.3. The molecule has 0 radical (unpaired) electrons. The summed E-state index contributed by atoms with van der Waals surface area (Å²) >= 11 is 0. The number of Topliss-reactive ketones (excluding diaryl/α,β-unsaturated/α-hetero) is 2. The number of aromatic hydroxyl groups is 1. The zero-order valence-corrected chi connectivity index (χ0v) is 13.2. The third-order valence-corrected chi connectivity index (χ3v) is 4.07. The van der Waals surface area contributed by atoms with E-state index in [1.54, 1.807) is 29.8 Å². The second kappa shape index (κ2) is 6.64. The normalized spacial score (nSPS) is 12.3. The van der Waals surface area contributed by atoms with Crippen LogP contribution in [0.3, 0.4) is 0 Å². The van der Waals surface area contributed by atoms with Gasteiger partial charge in [0.05, 0.1) is 11.1 Å². The summed E-state index contributed by atoms with van der Waals surface area (Å²) in [5, 5.41) is 10.1. The van der Waals surface area contributed by atoms with Crippen molar-refractivity contribution in [2.45, 2.75) is 33.1 Å². The maximum atomic E-state index is 12.2. The van der Waals surface area contributed by atoms with Gasteiger partial charge in [0.1, 0.15) is 11.5 Å². The summed E-state index contributed by atoms with van der Waals surface area (Å²) in [6.07, 6.45) is 4.71. The molecule has 6 heteroatoms. The third-order valence-electron chi connectivity index (χ3n) is 4.07. The van der Waals surface area contributed by atoms with Crippen LogP contribution < -0.4 is 5.73 Å². The van der Waals surface area contributed by atoms with Crippen LogP contribution in [0.2, 0.25) is 0 Å². The lowest BCUT2D eigenvalue weighted by atomic mass is 9.90. The van der Waals surface area contributed by atoms with E-state index in [-0.39, 0.29) is 28.5 Å². The smallest absolute Gasteiger partial charge is 0.289 e. The number of hydrogen-bond acceptors (Lipinski definition) is 4. The minimum Gasteiger partial charge on any atom is -0.506 e. The first kappa shape index (κ1) is 16.7. The molecule has 2 rings (SSSR count). The van der Waals surface area contributed by atoms with Crippen LogP contribution in [0.1, 0.15) is 42.6 Å². The molecule has 0 aromatic carbocycles. The Morgan fingerprint density at radius 1 is 1.30 bits per heavy atom. The molecular weight excluding hydrogens is 296 g/mol. The second-order valence-electron chi connectivity index (χ2n) is 5.50. The Hall–Kier alpha value is -2.63. The van der Waals surface area contributed by atoms with Crippen LogP contribution >= 0.6 is 0 Å². The van der Waals surface area contributed by atoms with Gasteiger partial charge in [-0.3, -0.25) is 14.4 Å². The van der Waals surface area contributed by atoms with Crippen LogP contribution in [0, 0.1) is 5.92 Å². The number of nitrogens with zero attached hydrogens (tertiary/aromatic N) is 1. The minimum absolute atomic E-state index is 0.0814. The Kier molecular flexibility index (Phi) is 4.83. The molecule has 122 valence electrons. The Bertz CT molecular complexity index is 776. The van der Waals surface area contributed by atoms with Crippen LogP contribution in [-0.2, 0) is 16.0 Å². The quantitative estimate of drug-likeness (QED) is 0.601. The number of carbonyl (C=O) groups is 3. The van der Waals surface area contributed by atoms with E-state index in [4.69, 9.17) is 5.73 Å². The van der Waals surface area contributed by atoms with Gasteiger partial charge in [-0.15, -0.1) is 0 Å². The van der Waals surface area contributed by atoms with Crippen molar-refractivity contribution in [1.29, 1.82) is 0 Å². The molecule has 1 atom stereocenters. The number of primary amides is 1. The van der Waals surface area contributed by atoms with Crippen molar-refractivity contribution in [2.24, 2.45) is 11.7 Å². The number of carbonyl (C=O) groups excluding carboxylic acids is 3. The zero-order valence-electron chi connectivity index (χ0n) is 13.2. The second-order valence-corrected chi connectivity index (χ2v) is 5.50. The van der Waals surface area contributed by atoms with Gasteiger partial charge >= 0.3 is 0 Å². The van der Waals surface area contributed by atoms with Gasteiger partial charge in [-0.2, -0.15) is 0 Å². The lowest BCUT2D eigenvalue weighted by Crippen LogP contribution is -2.25. The number of fused-ring (bicyclic) bond motifs is 1. The van der Waals surface area contributed by atoms with Gasteiger partial charge in [0, 0.05) is 24.7 Å². The van der Waals surface area contributed by atoms with Gasteiger partial charge in [-0.1, -0.05) is 13.8 Å². The number of nitrogens with two attached hydrogens (primary N) is 1. The van der Waals surface area contributed by atoms with E-state index in [9.17, 15) is 19.5 Å². The van der Waals surface area contributed by atoms with Crippen molar-refractivity contribution in [1.82, 2.24) is 4.40 Å². The highest BCUT2D eigenvalue weighted by Crippen LogP contribution is 2.29. The lowest BCUT2D eigenvalue weighted by molar-refractivity contribution is -0.122. The summed E-state index contributed by atoms with van der Waals surface area (Å²) in [5.74, 6) is -2.19. The molecule has 0 fully saturated rings. The molecule has 1 amide bonds. The van der Waals surface area contributed by atoms with Crippen molar-refractivity contribution >= 4 is 23.0 Å². The summed E-state index contributed by atoms with van der Waals surface area (Å²) < 4.78 is 1.57. The van der Waals surface area contributed by atoms with Crippen LogP contribution in [-0.4, -0.2) is 27.0 Å². The summed E-state index contributed by atoms with van der Waals surface area (Å²) in [7, 11) is 0. The van der Waals surface area contributed by atoms with Gasteiger partial charge in [0.15, 0.2) is 0 Å². The van der Waals surface area contributed by atoms with E-state index in [0.29, 0.717) is 24.8 Å². The molecule has 2 aromatic heterocycles. The minimum atomic E-state index is -1.09. The maximum absolute atomic E-state index is 12.2. The van der Waals surface area contributed by atoms with Crippen LogP contribution in [0.15, 0.2) is 24.5 Å². The first-order valence-corrected chi connectivity index (χ1v) is 7.59. The molecule has 2 aromatic rings. The van der Waals surface area contributed by atoms with E-state index in [0.717, 1.165) is 0 Å². The highest BCUT2D eigenvalue weighted by molar-refractivity contribution is 6.44. The molecule has 0 aliphatic rings.